The molecule has 2 N–H and O–H groups in total. The summed E-state index contributed by atoms with van der Waals surface area (Å²) in [6, 6.07) is 19.2. The van der Waals surface area contributed by atoms with Gasteiger partial charge in [-0.25, -0.2) is 9.18 Å². The number of hydrogen-bond acceptors (Lipinski definition) is 2. The third kappa shape index (κ3) is 4.45. The van der Waals surface area contributed by atoms with Gasteiger partial charge in [-0.3, -0.25) is 0 Å². The Bertz CT molecular complexity index is 803. The standard InChI is InChI=1S/C20H19FN2OS/c1-14(15-6-3-2-4-7-15)22-20(24)23-19(18-8-5-13-25-18)16-9-11-17(21)12-10-16/h2-14,19H,1H3,(H2,22,23,24). The van der Waals surface area contributed by atoms with Crippen LogP contribution in [0.4, 0.5) is 9.18 Å². The molecule has 0 saturated carbocycles. The number of carbonyl (C=O) groups is 1. The fourth-order valence-corrected chi connectivity index (χ4v) is 3.43. The van der Waals surface area contributed by atoms with Crippen molar-refractivity contribution in [1.29, 1.82) is 0 Å². The van der Waals surface area contributed by atoms with Crippen LogP contribution in [0.25, 0.3) is 0 Å². The highest BCUT2D eigenvalue weighted by Crippen LogP contribution is 2.26. The van der Waals surface area contributed by atoms with Crippen molar-refractivity contribution in [3.05, 3.63) is 93.9 Å². The fraction of sp³-hybridized carbons (Fsp3) is 0.150. The van der Waals surface area contributed by atoms with Crippen LogP contribution in [-0.2, 0) is 0 Å². The molecule has 0 saturated heterocycles. The van der Waals surface area contributed by atoms with Crippen molar-refractivity contribution in [1.82, 2.24) is 10.6 Å². The molecule has 1 aromatic heterocycles. The highest BCUT2D eigenvalue weighted by Gasteiger charge is 2.19. The number of thiophene rings is 1. The molecule has 2 unspecified atom stereocenters. The van der Waals surface area contributed by atoms with E-state index in [-0.39, 0.29) is 23.9 Å². The van der Waals surface area contributed by atoms with Crippen LogP contribution in [0.2, 0.25) is 0 Å². The lowest BCUT2D eigenvalue weighted by atomic mass is 10.1. The first kappa shape index (κ1) is 17.2. The molecule has 3 nitrogen and oxygen atoms in total. The second kappa shape index (κ2) is 7.94. The summed E-state index contributed by atoms with van der Waals surface area (Å²) in [4.78, 5) is 13.5. The van der Waals surface area contributed by atoms with Crippen LogP contribution in [0.15, 0.2) is 72.1 Å². The molecule has 2 aromatic carbocycles. The van der Waals surface area contributed by atoms with Crippen molar-refractivity contribution < 1.29 is 9.18 Å². The number of nitrogens with one attached hydrogen (secondary N) is 2. The molecule has 1 heterocycles. The normalized spacial score (nSPS) is 13.0. The van der Waals surface area contributed by atoms with Gasteiger partial charge in [0.2, 0.25) is 0 Å². The fourth-order valence-electron chi connectivity index (χ4n) is 2.62. The van der Waals surface area contributed by atoms with E-state index in [0.717, 1.165) is 16.0 Å². The van der Waals surface area contributed by atoms with Gasteiger partial charge in [0.15, 0.2) is 0 Å². The van der Waals surface area contributed by atoms with Crippen molar-refractivity contribution >= 4 is 17.4 Å². The van der Waals surface area contributed by atoms with E-state index in [1.165, 1.54) is 12.1 Å². The van der Waals surface area contributed by atoms with Crippen molar-refractivity contribution in [3.63, 3.8) is 0 Å². The molecule has 0 aliphatic rings. The van der Waals surface area contributed by atoms with Gasteiger partial charge >= 0.3 is 6.03 Å². The predicted octanol–water partition coefficient (Wildman–Crippen LogP) is 5.04. The molecule has 3 rings (SSSR count). The number of carbonyl (C=O) groups excluding carboxylic acids is 1. The summed E-state index contributed by atoms with van der Waals surface area (Å²) >= 11 is 1.55. The first-order valence-corrected chi connectivity index (χ1v) is 8.92. The highest BCUT2D eigenvalue weighted by molar-refractivity contribution is 7.10. The maximum absolute atomic E-state index is 13.2. The summed E-state index contributed by atoms with van der Waals surface area (Å²) in [6.07, 6.45) is 0. The van der Waals surface area contributed by atoms with E-state index in [0.29, 0.717) is 0 Å². The van der Waals surface area contributed by atoms with Gasteiger partial charge in [0, 0.05) is 4.88 Å². The molecular weight excluding hydrogens is 335 g/mol. The minimum atomic E-state index is -0.316. The van der Waals surface area contributed by atoms with E-state index >= 15 is 0 Å². The van der Waals surface area contributed by atoms with Crippen LogP contribution in [0.3, 0.4) is 0 Å². The van der Waals surface area contributed by atoms with Gasteiger partial charge in [0.25, 0.3) is 0 Å². The molecule has 0 aliphatic heterocycles. The van der Waals surface area contributed by atoms with Crippen LogP contribution in [0.5, 0.6) is 0 Å². The van der Waals surface area contributed by atoms with Crippen molar-refractivity contribution in [3.8, 4) is 0 Å². The molecule has 2 atom stereocenters. The Morgan fingerprint density at radius 1 is 0.920 bits per heavy atom. The molecule has 128 valence electrons. The van der Waals surface area contributed by atoms with Crippen LogP contribution < -0.4 is 10.6 Å². The van der Waals surface area contributed by atoms with Gasteiger partial charge in [-0.1, -0.05) is 48.5 Å². The first-order valence-electron chi connectivity index (χ1n) is 8.04. The summed E-state index contributed by atoms with van der Waals surface area (Å²) in [5.74, 6) is -0.296. The van der Waals surface area contributed by atoms with Crippen molar-refractivity contribution in [2.75, 3.05) is 0 Å². The van der Waals surface area contributed by atoms with E-state index in [1.54, 1.807) is 23.5 Å². The summed E-state index contributed by atoms with van der Waals surface area (Å²) in [5.41, 5.74) is 1.87. The Morgan fingerprint density at radius 2 is 1.64 bits per heavy atom. The maximum atomic E-state index is 13.2. The molecule has 3 aromatic rings. The summed E-state index contributed by atoms with van der Waals surface area (Å²) in [6.45, 7) is 1.94. The Morgan fingerprint density at radius 3 is 2.28 bits per heavy atom. The monoisotopic (exact) mass is 354 g/mol. The number of urea groups is 1. The number of hydrogen-bond donors (Lipinski definition) is 2. The largest absolute Gasteiger partial charge is 0.332 e. The van der Waals surface area contributed by atoms with E-state index < -0.39 is 0 Å². The Kier molecular flexibility index (Phi) is 5.46. The molecule has 0 bridgehead atoms. The van der Waals surface area contributed by atoms with Crippen LogP contribution in [0.1, 0.15) is 35.0 Å². The lowest BCUT2D eigenvalue weighted by Gasteiger charge is -2.21. The molecule has 0 fully saturated rings. The molecule has 0 aliphatic carbocycles. The van der Waals surface area contributed by atoms with Crippen molar-refractivity contribution in [2.24, 2.45) is 0 Å². The molecular formula is C20H19FN2OS. The molecule has 0 radical (unpaired) electrons. The maximum Gasteiger partial charge on any atom is 0.316 e. The zero-order valence-electron chi connectivity index (χ0n) is 13.8. The minimum absolute atomic E-state index is 0.113. The third-order valence-electron chi connectivity index (χ3n) is 3.95. The SMILES string of the molecule is CC(NC(=O)NC(c1ccc(F)cc1)c1cccs1)c1ccccc1. The van der Waals surface area contributed by atoms with Gasteiger partial charge in [-0.2, -0.15) is 0 Å². The van der Waals surface area contributed by atoms with E-state index in [2.05, 4.69) is 10.6 Å². The minimum Gasteiger partial charge on any atom is -0.332 e. The molecule has 25 heavy (non-hydrogen) atoms. The lowest BCUT2D eigenvalue weighted by Crippen LogP contribution is -2.39. The lowest BCUT2D eigenvalue weighted by molar-refractivity contribution is 0.236. The first-order chi connectivity index (χ1) is 12.1. The highest BCUT2D eigenvalue weighted by atomic mass is 32.1. The van der Waals surface area contributed by atoms with Crippen LogP contribution in [-0.4, -0.2) is 6.03 Å². The number of benzene rings is 2. The van der Waals surface area contributed by atoms with Crippen LogP contribution in [0, 0.1) is 5.82 Å². The Labute approximate surface area is 150 Å². The van der Waals surface area contributed by atoms with Crippen LogP contribution >= 0.6 is 11.3 Å². The van der Waals surface area contributed by atoms with Gasteiger partial charge in [-0.15, -0.1) is 11.3 Å². The Balaban J connectivity index is 1.74. The summed E-state index contributed by atoms with van der Waals surface area (Å²) in [7, 11) is 0. The van der Waals surface area contributed by atoms with Gasteiger partial charge < -0.3 is 10.6 Å². The van der Waals surface area contributed by atoms with Crippen molar-refractivity contribution in [2.45, 2.75) is 19.0 Å². The zero-order valence-corrected chi connectivity index (χ0v) is 14.6. The number of rotatable bonds is 5. The smallest absolute Gasteiger partial charge is 0.316 e. The average Bonchev–Trinajstić information content (AvgIpc) is 3.15. The Hall–Kier alpha value is -2.66. The molecule has 2 amide bonds. The van der Waals surface area contributed by atoms with E-state index in [1.807, 2.05) is 54.8 Å². The quantitative estimate of drug-likeness (QED) is 0.662. The average molecular weight is 354 g/mol. The molecule has 0 spiro atoms. The number of halogens is 1. The number of amides is 2. The third-order valence-corrected chi connectivity index (χ3v) is 4.89. The second-order valence-corrected chi connectivity index (χ2v) is 6.73. The molecule has 5 heteroatoms. The van der Waals surface area contributed by atoms with E-state index in [4.69, 9.17) is 0 Å². The topological polar surface area (TPSA) is 41.1 Å². The zero-order chi connectivity index (χ0) is 17.6. The summed E-state index contributed by atoms with van der Waals surface area (Å²) < 4.78 is 13.2. The second-order valence-electron chi connectivity index (χ2n) is 5.75. The van der Waals surface area contributed by atoms with E-state index in [9.17, 15) is 9.18 Å². The van der Waals surface area contributed by atoms with Gasteiger partial charge in [-0.05, 0) is 41.6 Å². The predicted molar refractivity (Wildman–Crippen MR) is 99.1 cm³/mol. The van der Waals surface area contributed by atoms with Gasteiger partial charge in [0.1, 0.15) is 5.82 Å². The van der Waals surface area contributed by atoms with Gasteiger partial charge in [0.05, 0.1) is 12.1 Å². The summed E-state index contributed by atoms with van der Waals surface area (Å²) in [5, 5.41) is 7.90.